The number of nitrogens with one attached hydrogen (secondary N) is 2. The standard InChI is InChI=1S/C13H22N2OS/c1-9-6-7-11(17-9)10(2)15-8-13(3,4)12(16)14-5/h6-7,10,15H,8H2,1-5H3,(H,14,16)/t10-/m0/s1. The van der Waals surface area contributed by atoms with Crippen LogP contribution >= 0.6 is 11.3 Å². The van der Waals surface area contributed by atoms with E-state index < -0.39 is 0 Å². The highest BCUT2D eigenvalue weighted by atomic mass is 32.1. The van der Waals surface area contributed by atoms with Gasteiger partial charge in [0.1, 0.15) is 0 Å². The van der Waals surface area contributed by atoms with Gasteiger partial charge in [-0.25, -0.2) is 0 Å². The molecule has 0 unspecified atom stereocenters. The topological polar surface area (TPSA) is 41.1 Å². The molecule has 0 aliphatic heterocycles. The van der Waals surface area contributed by atoms with E-state index in [2.05, 4.69) is 36.6 Å². The van der Waals surface area contributed by atoms with E-state index in [1.165, 1.54) is 9.75 Å². The van der Waals surface area contributed by atoms with E-state index in [0.717, 1.165) is 0 Å². The van der Waals surface area contributed by atoms with Gasteiger partial charge in [0.2, 0.25) is 5.91 Å². The molecule has 1 aromatic rings. The highest BCUT2D eigenvalue weighted by Crippen LogP contribution is 2.23. The second-order valence-electron chi connectivity index (χ2n) is 5.01. The van der Waals surface area contributed by atoms with Gasteiger partial charge >= 0.3 is 0 Å². The Bertz CT molecular complexity index is 385. The summed E-state index contributed by atoms with van der Waals surface area (Å²) in [7, 11) is 1.68. The van der Waals surface area contributed by atoms with Crippen molar-refractivity contribution in [3.05, 3.63) is 21.9 Å². The first-order valence-corrected chi connectivity index (χ1v) is 6.70. The van der Waals surface area contributed by atoms with Crippen LogP contribution in [0.25, 0.3) is 0 Å². The van der Waals surface area contributed by atoms with Crippen LogP contribution in [0.1, 0.15) is 36.6 Å². The lowest BCUT2D eigenvalue weighted by molar-refractivity contribution is -0.128. The molecule has 0 aliphatic rings. The van der Waals surface area contributed by atoms with Gasteiger partial charge in [-0.05, 0) is 39.8 Å². The van der Waals surface area contributed by atoms with Crippen molar-refractivity contribution >= 4 is 17.2 Å². The molecule has 0 saturated heterocycles. The molecule has 3 nitrogen and oxygen atoms in total. The van der Waals surface area contributed by atoms with Crippen LogP contribution in [0, 0.1) is 12.3 Å². The zero-order valence-electron chi connectivity index (χ0n) is 11.3. The predicted octanol–water partition coefficient (Wildman–Crippen LogP) is 2.48. The van der Waals surface area contributed by atoms with Crippen LogP contribution in [0.5, 0.6) is 0 Å². The quantitative estimate of drug-likeness (QED) is 0.847. The van der Waals surface area contributed by atoms with Crippen LogP contribution in [0.3, 0.4) is 0 Å². The van der Waals surface area contributed by atoms with Gasteiger partial charge in [0, 0.05) is 29.4 Å². The van der Waals surface area contributed by atoms with Gasteiger partial charge < -0.3 is 10.6 Å². The van der Waals surface area contributed by atoms with Gasteiger partial charge in [0.05, 0.1) is 5.41 Å². The largest absolute Gasteiger partial charge is 0.359 e. The molecule has 0 bridgehead atoms. The zero-order valence-corrected chi connectivity index (χ0v) is 12.1. The lowest BCUT2D eigenvalue weighted by Crippen LogP contribution is -2.42. The van der Waals surface area contributed by atoms with E-state index in [0.29, 0.717) is 6.54 Å². The van der Waals surface area contributed by atoms with Crippen molar-refractivity contribution in [2.75, 3.05) is 13.6 Å². The van der Waals surface area contributed by atoms with Gasteiger partial charge in [-0.2, -0.15) is 0 Å². The van der Waals surface area contributed by atoms with E-state index in [1.54, 1.807) is 18.4 Å². The average Bonchev–Trinajstić information content (AvgIpc) is 2.71. The van der Waals surface area contributed by atoms with Gasteiger partial charge in [-0.1, -0.05) is 0 Å². The molecule has 4 heteroatoms. The summed E-state index contributed by atoms with van der Waals surface area (Å²) in [5.41, 5.74) is -0.380. The van der Waals surface area contributed by atoms with Crippen LogP contribution < -0.4 is 10.6 Å². The van der Waals surface area contributed by atoms with Gasteiger partial charge in [0.15, 0.2) is 0 Å². The highest BCUT2D eigenvalue weighted by molar-refractivity contribution is 7.12. The number of aryl methyl sites for hydroxylation is 1. The molecule has 1 atom stereocenters. The monoisotopic (exact) mass is 254 g/mol. The second kappa shape index (κ2) is 5.65. The van der Waals surface area contributed by atoms with Crippen molar-refractivity contribution in [1.82, 2.24) is 10.6 Å². The first kappa shape index (κ1) is 14.2. The fraction of sp³-hybridized carbons (Fsp3) is 0.615. The van der Waals surface area contributed by atoms with Gasteiger partial charge in [0.25, 0.3) is 0 Å². The Kier molecular flexibility index (Phi) is 4.71. The fourth-order valence-electron chi connectivity index (χ4n) is 1.61. The maximum absolute atomic E-state index is 11.6. The molecule has 1 rings (SSSR count). The van der Waals surface area contributed by atoms with Gasteiger partial charge in [-0.3, -0.25) is 4.79 Å². The minimum Gasteiger partial charge on any atom is -0.359 e. The Morgan fingerprint density at radius 1 is 1.47 bits per heavy atom. The number of amides is 1. The van der Waals surface area contributed by atoms with E-state index >= 15 is 0 Å². The minimum absolute atomic E-state index is 0.0690. The average molecular weight is 254 g/mol. The summed E-state index contributed by atoms with van der Waals surface area (Å²) < 4.78 is 0. The van der Waals surface area contributed by atoms with E-state index in [1.807, 2.05) is 13.8 Å². The fourth-order valence-corrected chi connectivity index (χ4v) is 2.52. The second-order valence-corrected chi connectivity index (χ2v) is 6.33. The van der Waals surface area contributed by atoms with Crippen molar-refractivity contribution in [3.63, 3.8) is 0 Å². The minimum atomic E-state index is -0.380. The Labute approximate surface area is 108 Å². The Morgan fingerprint density at radius 3 is 2.59 bits per heavy atom. The molecule has 96 valence electrons. The van der Waals surface area contributed by atoms with Crippen LogP contribution in [0.2, 0.25) is 0 Å². The maximum Gasteiger partial charge on any atom is 0.226 e. The van der Waals surface area contributed by atoms with Crippen LogP contribution in [-0.4, -0.2) is 19.5 Å². The summed E-state index contributed by atoms with van der Waals surface area (Å²) in [5, 5.41) is 6.11. The highest BCUT2D eigenvalue weighted by Gasteiger charge is 2.26. The predicted molar refractivity (Wildman–Crippen MR) is 73.3 cm³/mol. The SMILES string of the molecule is CNC(=O)C(C)(C)CN[C@@H](C)c1ccc(C)s1. The molecule has 1 aromatic heterocycles. The maximum atomic E-state index is 11.6. The number of hydrogen-bond donors (Lipinski definition) is 2. The van der Waals surface area contributed by atoms with Crippen molar-refractivity contribution < 1.29 is 4.79 Å². The Morgan fingerprint density at radius 2 is 2.12 bits per heavy atom. The summed E-state index contributed by atoms with van der Waals surface area (Å²) in [6, 6.07) is 4.56. The van der Waals surface area contributed by atoms with E-state index in [9.17, 15) is 4.79 Å². The number of carbonyl (C=O) groups is 1. The summed E-state index contributed by atoms with van der Waals surface area (Å²) in [6.45, 7) is 8.81. The lowest BCUT2D eigenvalue weighted by atomic mass is 9.92. The number of thiophene rings is 1. The number of carbonyl (C=O) groups excluding carboxylic acids is 1. The number of hydrogen-bond acceptors (Lipinski definition) is 3. The van der Waals surface area contributed by atoms with Crippen molar-refractivity contribution in [2.24, 2.45) is 5.41 Å². The van der Waals surface area contributed by atoms with Crippen molar-refractivity contribution in [3.8, 4) is 0 Å². The molecule has 0 spiro atoms. The Balaban J connectivity index is 2.53. The molecule has 1 heterocycles. The van der Waals surface area contributed by atoms with Crippen LogP contribution in [0.4, 0.5) is 0 Å². The molecule has 0 fully saturated rings. The van der Waals surface area contributed by atoms with Gasteiger partial charge in [-0.15, -0.1) is 11.3 Å². The zero-order chi connectivity index (χ0) is 13.1. The third-order valence-corrected chi connectivity index (χ3v) is 4.06. The van der Waals surface area contributed by atoms with Crippen molar-refractivity contribution in [1.29, 1.82) is 0 Å². The third-order valence-electron chi connectivity index (χ3n) is 2.88. The summed E-state index contributed by atoms with van der Waals surface area (Å²) in [6.07, 6.45) is 0. The summed E-state index contributed by atoms with van der Waals surface area (Å²) in [4.78, 5) is 14.3. The molecule has 0 aromatic carbocycles. The van der Waals surface area contributed by atoms with E-state index in [-0.39, 0.29) is 17.4 Å². The molecule has 17 heavy (non-hydrogen) atoms. The summed E-state index contributed by atoms with van der Waals surface area (Å²) >= 11 is 1.80. The smallest absolute Gasteiger partial charge is 0.226 e. The normalized spacial score (nSPS) is 13.5. The molecule has 2 N–H and O–H groups in total. The van der Waals surface area contributed by atoms with Crippen molar-refractivity contribution in [2.45, 2.75) is 33.7 Å². The molecule has 0 aliphatic carbocycles. The Hall–Kier alpha value is -0.870. The molecule has 0 saturated carbocycles. The molecular weight excluding hydrogens is 232 g/mol. The first-order valence-electron chi connectivity index (χ1n) is 5.88. The molecular formula is C13H22N2OS. The first-order chi connectivity index (χ1) is 7.86. The number of rotatable bonds is 5. The van der Waals surface area contributed by atoms with E-state index in [4.69, 9.17) is 0 Å². The van der Waals surface area contributed by atoms with Crippen LogP contribution in [-0.2, 0) is 4.79 Å². The lowest BCUT2D eigenvalue weighted by Gasteiger charge is -2.25. The summed E-state index contributed by atoms with van der Waals surface area (Å²) in [5.74, 6) is 0.0690. The van der Waals surface area contributed by atoms with Crippen LogP contribution in [0.15, 0.2) is 12.1 Å². The third kappa shape index (κ3) is 3.82. The molecule has 1 amide bonds. The molecule has 0 radical (unpaired) electrons.